The fraction of sp³-hybridized carbons (Fsp3) is 0.241. The van der Waals surface area contributed by atoms with Crippen molar-refractivity contribution in [3.8, 4) is 22.6 Å². The van der Waals surface area contributed by atoms with E-state index < -0.39 is 18.0 Å². The van der Waals surface area contributed by atoms with Gasteiger partial charge in [0.1, 0.15) is 36.0 Å². The number of nitrogens with two attached hydrogens (primary N) is 1. The molecule has 2 atom stereocenters. The highest BCUT2D eigenvalue weighted by atomic mass is 16.5. The van der Waals surface area contributed by atoms with Crippen molar-refractivity contribution in [1.29, 1.82) is 0 Å². The molecule has 0 spiro atoms. The second-order valence-corrected chi connectivity index (χ2v) is 9.37. The zero-order chi connectivity index (χ0) is 26.6. The van der Waals surface area contributed by atoms with Gasteiger partial charge in [-0.05, 0) is 72.0 Å². The molecule has 0 fully saturated rings. The first-order valence-electron chi connectivity index (χ1n) is 12.4. The zero-order valence-corrected chi connectivity index (χ0v) is 20.6. The van der Waals surface area contributed by atoms with E-state index in [1.54, 1.807) is 30.3 Å². The summed E-state index contributed by atoms with van der Waals surface area (Å²) in [4.78, 5) is 25.5. The third-order valence-corrected chi connectivity index (χ3v) is 6.63. The molecule has 0 aliphatic carbocycles. The van der Waals surface area contributed by atoms with Crippen LogP contribution in [0.4, 0.5) is 0 Å². The second-order valence-electron chi connectivity index (χ2n) is 9.37. The number of hydrogen-bond acceptors (Lipinski definition) is 6. The minimum Gasteiger partial charge on any atom is -0.490 e. The van der Waals surface area contributed by atoms with Gasteiger partial charge in [-0.2, -0.15) is 0 Å². The van der Waals surface area contributed by atoms with Gasteiger partial charge in [0.15, 0.2) is 0 Å². The van der Waals surface area contributed by atoms with E-state index in [-0.39, 0.29) is 18.3 Å². The van der Waals surface area contributed by atoms with Crippen LogP contribution >= 0.6 is 0 Å². The molecule has 9 nitrogen and oxygen atoms in total. The number of carboxylic acids is 1. The lowest BCUT2D eigenvalue weighted by Gasteiger charge is -2.27. The SMILES string of the molecule is NC(=O)c1cc2c(OCC(O)CNC[C@H]3CCc4cc(-c5ccc(C(=O)O)cc5)ccc4O3)cccc2[nH]1. The first-order chi connectivity index (χ1) is 18.4. The molecule has 3 aromatic carbocycles. The molecule has 1 aliphatic rings. The maximum Gasteiger partial charge on any atom is 0.335 e. The van der Waals surface area contributed by atoms with E-state index in [1.807, 2.05) is 30.3 Å². The molecule has 196 valence electrons. The minimum absolute atomic E-state index is 0.0165. The number of amides is 1. The molecular formula is C29H29N3O6. The molecule has 1 aliphatic heterocycles. The van der Waals surface area contributed by atoms with E-state index >= 15 is 0 Å². The number of aromatic nitrogens is 1. The molecule has 0 saturated carbocycles. The number of aromatic carboxylic acids is 1. The van der Waals surface area contributed by atoms with Crippen molar-refractivity contribution in [3.05, 3.63) is 83.6 Å². The predicted molar refractivity (Wildman–Crippen MR) is 143 cm³/mol. The summed E-state index contributed by atoms with van der Waals surface area (Å²) >= 11 is 0. The van der Waals surface area contributed by atoms with Crippen LogP contribution in [-0.2, 0) is 6.42 Å². The Bertz CT molecular complexity index is 1460. The molecule has 38 heavy (non-hydrogen) atoms. The van der Waals surface area contributed by atoms with E-state index in [9.17, 15) is 14.7 Å². The summed E-state index contributed by atoms with van der Waals surface area (Å²) in [5, 5.41) is 23.5. The van der Waals surface area contributed by atoms with Crippen LogP contribution in [-0.4, -0.2) is 59.0 Å². The Morgan fingerprint density at radius 3 is 2.66 bits per heavy atom. The van der Waals surface area contributed by atoms with Crippen LogP contribution < -0.4 is 20.5 Å². The number of H-pyrrole nitrogens is 1. The maximum absolute atomic E-state index is 11.4. The van der Waals surface area contributed by atoms with Crippen molar-refractivity contribution in [3.63, 3.8) is 0 Å². The number of aliphatic hydroxyl groups is 1. The number of aryl methyl sites for hydroxylation is 1. The fourth-order valence-electron chi connectivity index (χ4n) is 4.62. The maximum atomic E-state index is 11.4. The lowest BCUT2D eigenvalue weighted by Crippen LogP contribution is -2.39. The molecular weight excluding hydrogens is 486 g/mol. The largest absolute Gasteiger partial charge is 0.490 e. The number of aliphatic hydroxyl groups excluding tert-OH is 1. The van der Waals surface area contributed by atoms with Crippen molar-refractivity contribution in [1.82, 2.24) is 10.3 Å². The number of fused-ring (bicyclic) bond motifs is 2. The average molecular weight is 516 g/mol. The predicted octanol–water partition coefficient (Wildman–Crippen LogP) is 3.36. The van der Waals surface area contributed by atoms with E-state index in [0.29, 0.717) is 24.5 Å². The Kier molecular flexibility index (Phi) is 7.30. The van der Waals surface area contributed by atoms with Crippen molar-refractivity contribution < 1.29 is 29.3 Å². The van der Waals surface area contributed by atoms with E-state index in [2.05, 4.69) is 16.4 Å². The molecule has 1 unspecified atom stereocenters. The number of carboxylic acid groups (broad SMARTS) is 1. The minimum atomic E-state index is -0.940. The van der Waals surface area contributed by atoms with E-state index in [1.165, 1.54) is 0 Å². The molecule has 0 radical (unpaired) electrons. The Labute approximate surface area is 219 Å². The number of rotatable bonds is 10. The van der Waals surface area contributed by atoms with Crippen molar-refractivity contribution in [2.24, 2.45) is 5.73 Å². The van der Waals surface area contributed by atoms with Gasteiger partial charge >= 0.3 is 5.97 Å². The first kappa shape index (κ1) is 25.3. The highest BCUT2D eigenvalue weighted by Crippen LogP contribution is 2.32. The zero-order valence-electron chi connectivity index (χ0n) is 20.6. The van der Waals surface area contributed by atoms with Crippen LogP contribution in [0.15, 0.2) is 66.7 Å². The first-order valence-corrected chi connectivity index (χ1v) is 12.4. The molecule has 1 aromatic heterocycles. The Balaban J connectivity index is 1.10. The topological polar surface area (TPSA) is 147 Å². The number of primary amides is 1. The Morgan fingerprint density at radius 1 is 1.11 bits per heavy atom. The summed E-state index contributed by atoms with van der Waals surface area (Å²) in [5.41, 5.74) is 9.75. The molecule has 0 bridgehead atoms. The quantitative estimate of drug-likeness (QED) is 0.218. The fourth-order valence-corrected chi connectivity index (χ4v) is 4.62. The highest BCUT2D eigenvalue weighted by molar-refractivity contribution is 5.98. The van der Waals surface area contributed by atoms with Crippen LogP contribution in [0.25, 0.3) is 22.0 Å². The summed E-state index contributed by atoms with van der Waals surface area (Å²) in [6.45, 7) is 1.02. The standard InChI is InChI=1S/C29H29N3O6/c30-28(34)25-13-23-24(32-25)2-1-3-27(23)37-16-21(33)14-31-15-22-10-8-20-12-19(9-11-26(20)38-22)17-4-6-18(7-5-17)29(35)36/h1-7,9,11-13,21-22,31-33H,8,10,14-16H2,(H2,30,34)(H,35,36)/t21?,22-/m1/s1. The van der Waals surface area contributed by atoms with Crippen LogP contribution in [0.3, 0.4) is 0 Å². The number of hydrogen-bond donors (Lipinski definition) is 5. The summed E-state index contributed by atoms with van der Waals surface area (Å²) in [6, 6.07) is 19.9. The van der Waals surface area contributed by atoms with Gasteiger partial charge in [-0.3, -0.25) is 4.79 Å². The van der Waals surface area contributed by atoms with Gasteiger partial charge in [-0.1, -0.05) is 24.3 Å². The molecule has 1 amide bonds. The number of nitrogens with one attached hydrogen (secondary N) is 2. The van der Waals surface area contributed by atoms with Crippen LogP contribution in [0.1, 0.15) is 32.8 Å². The molecule has 6 N–H and O–H groups in total. The summed E-state index contributed by atoms with van der Waals surface area (Å²) in [7, 11) is 0. The monoisotopic (exact) mass is 515 g/mol. The normalized spacial score (nSPS) is 15.4. The van der Waals surface area contributed by atoms with Gasteiger partial charge < -0.3 is 35.7 Å². The molecule has 4 aromatic rings. The molecule has 9 heteroatoms. The van der Waals surface area contributed by atoms with Crippen molar-refractivity contribution in [2.45, 2.75) is 25.0 Å². The Hall–Kier alpha value is -4.34. The number of carbonyl (C=O) groups excluding carboxylic acids is 1. The Morgan fingerprint density at radius 2 is 1.89 bits per heavy atom. The van der Waals surface area contributed by atoms with Gasteiger partial charge in [-0.15, -0.1) is 0 Å². The third kappa shape index (κ3) is 5.64. The van der Waals surface area contributed by atoms with Gasteiger partial charge in [0.05, 0.1) is 5.56 Å². The summed E-state index contributed by atoms with van der Waals surface area (Å²) < 4.78 is 12.0. The van der Waals surface area contributed by atoms with E-state index in [4.69, 9.17) is 20.3 Å². The van der Waals surface area contributed by atoms with Crippen LogP contribution in [0, 0.1) is 0 Å². The summed E-state index contributed by atoms with van der Waals surface area (Å²) in [6.07, 6.45) is 0.955. The van der Waals surface area contributed by atoms with Gasteiger partial charge in [0.2, 0.25) is 0 Å². The number of ether oxygens (including phenoxy) is 2. The molecule has 5 rings (SSSR count). The van der Waals surface area contributed by atoms with Gasteiger partial charge in [0.25, 0.3) is 5.91 Å². The van der Waals surface area contributed by atoms with Crippen molar-refractivity contribution in [2.75, 3.05) is 19.7 Å². The highest BCUT2D eigenvalue weighted by Gasteiger charge is 2.21. The average Bonchev–Trinajstić information content (AvgIpc) is 3.37. The second kappa shape index (κ2) is 11.0. The molecule has 0 saturated heterocycles. The number of carbonyl (C=O) groups is 2. The lowest BCUT2D eigenvalue weighted by molar-refractivity contribution is 0.0696. The van der Waals surface area contributed by atoms with Crippen LogP contribution in [0.5, 0.6) is 11.5 Å². The smallest absolute Gasteiger partial charge is 0.335 e. The van der Waals surface area contributed by atoms with Crippen LogP contribution in [0.2, 0.25) is 0 Å². The molecule has 2 heterocycles. The number of benzene rings is 3. The van der Waals surface area contributed by atoms with E-state index in [0.717, 1.165) is 46.2 Å². The third-order valence-electron chi connectivity index (χ3n) is 6.63. The van der Waals surface area contributed by atoms with Crippen molar-refractivity contribution >= 4 is 22.8 Å². The number of aromatic amines is 1. The summed E-state index contributed by atoms with van der Waals surface area (Å²) in [5.74, 6) is -0.0799. The van der Waals surface area contributed by atoms with Gasteiger partial charge in [0, 0.05) is 24.0 Å². The lowest BCUT2D eigenvalue weighted by atomic mass is 9.96. The van der Waals surface area contributed by atoms with Gasteiger partial charge in [-0.25, -0.2) is 4.79 Å².